The van der Waals surface area contributed by atoms with Gasteiger partial charge in [-0.25, -0.2) is 0 Å². The van der Waals surface area contributed by atoms with Gasteiger partial charge in [-0.3, -0.25) is 0 Å². The molecule has 0 aliphatic heterocycles. The number of hydrogen-bond acceptors (Lipinski definition) is 1. The molecule has 16 heavy (non-hydrogen) atoms. The molecule has 0 fully saturated rings. The Morgan fingerprint density at radius 3 is 2.44 bits per heavy atom. The van der Waals surface area contributed by atoms with Gasteiger partial charge in [0, 0.05) is 16.6 Å². The molecule has 82 valence electrons. The molecule has 1 aromatic carbocycles. The van der Waals surface area contributed by atoms with E-state index in [-0.39, 0.29) is 5.92 Å². The van der Waals surface area contributed by atoms with Gasteiger partial charge in [0.1, 0.15) is 0 Å². The van der Waals surface area contributed by atoms with Gasteiger partial charge in [-0.2, -0.15) is 4.73 Å². The number of aromatic nitrogens is 1. The highest BCUT2D eigenvalue weighted by molar-refractivity contribution is 9.10. The van der Waals surface area contributed by atoms with Crippen LogP contribution in [0.5, 0.6) is 0 Å². The Kier molecular flexibility index (Phi) is 3.25. The zero-order valence-electron chi connectivity index (χ0n) is 8.93. The second-order valence-electron chi connectivity index (χ2n) is 3.72. The topological polar surface area (TPSA) is 26.9 Å². The van der Waals surface area contributed by atoms with Crippen LogP contribution in [0.4, 0.5) is 0 Å². The average Bonchev–Trinajstić information content (AvgIpc) is 2.30. The van der Waals surface area contributed by atoms with Gasteiger partial charge in [0.15, 0.2) is 11.9 Å². The molecule has 0 N–H and O–H groups in total. The van der Waals surface area contributed by atoms with Crippen molar-refractivity contribution in [3.05, 3.63) is 69.6 Å². The molecule has 3 heteroatoms. The van der Waals surface area contributed by atoms with Gasteiger partial charge in [-0.15, -0.1) is 0 Å². The normalized spacial score (nSPS) is 12.4. The van der Waals surface area contributed by atoms with Crippen LogP contribution in [0.25, 0.3) is 0 Å². The highest BCUT2D eigenvalue weighted by Crippen LogP contribution is 2.22. The number of halogens is 1. The molecule has 0 saturated heterocycles. The van der Waals surface area contributed by atoms with E-state index in [1.165, 1.54) is 6.20 Å². The molecule has 0 amide bonds. The summed E-state index contributed by atoms with van der Waals surface area (Å²) in [4.78, 5) is 0. The molecular formula is C13H12BrNO. The van der Waals surface area contributed by atoms with Crippen molar-refractivity contribution >= 4 is 15.9 Å². The van der Waals surface area contributed by atoms with Crippen molar-refractivity contribution in [3.8, 4) is 0 Å². The summed E-state index contributed by atoms with van der Waals surface area (Å²) in [7, 11) is 0. The van der Waals surface area contributed by atoms with Crippen molar-refractivity contribution in [2.45, 2.75) is 12.8 Å². The summed E-state index contributed by atoms with van der Waals surface area (Å²) in [6.45, 7) is 2.03. The van der Waals surface area contributed by atoms with Crippen LogP contribution in [0, 0.1) is 5.21 Å². The van der Waals surface area contributed by atoms with Gasteiger partial charge in [-0.1, -0.05) is 28.1 Å². The third-order valence-corrected chi connectivity index (χ3v) is 3.20. The Morgan fingerprint density at radius 1 is 1.12 bits per heavy atom. The van der Waals surface area contributed by atoms with E-state index < -0.39 is 0 Å². The number of nitrogens with zero attached hydrogens (tertiary/aromatic N) is 1. The Morgan fingerprint density at radius 2 is 1.81 bits per heavy atom. The summed E-state index contributed by atoms with van der Waals surface area (Å²) >= 11 is 3.40. The summed E-state index contributed by atoms with van der Waals surface area (Å²) in [6, 6.07) is 13.5. The quantitative estimate of drug-likeness (QED) is 0.612. The maximum atomic E-state index is 11.6. The minimum absolute atomic E-state index is 0.104. The largest absolute Gasteiger partial charge is 0.618 e. The third-order valence-electron chi connectivity index (χ3n) is 2.67. The molecule has 1 aromatic heterocycles. The fraction of sp³-hybridized carbons (Fsp3) is 0.154. The summed E-state index contributed by atoms with van der Waals surface area (Å²) in [5.74, 6) is 0.104. The molecule has 1 heterocycles. The van der Waals surface area contributed by atoms with Crippen molar-refractivity contribution in [2.24, 2.45) is 0 Å². The lowest BCUT2D eigenvalue weighted by Crippen LogP contribution is -2.32. The van der Waals surface area contributed by atoms with Crippen molar-refractivity contribution in [2.75, 3.05) is 0 Å². The predicted octanol–water partition coefficient (Wildman–Crippen LogP) is 3.23. The van der Waals surface area contributed by atoms with E-state index in [9.17, 15) is 5.21 Å². The summed E-state index contributed by atoms with van der Waals surface area (Å²) in [6.07, 6.45) is 1.53. The van der Waals surface area contributed by atoms with Crippen molar-refractivity contribution in [1.29, 1.82) is 0 Å². The third kappa shape index (κ3) is 2.25. The lowest BCUT2D eigenvalue weighted by molar-refractivity contribution is -0.614. The average molecular weight is 278 g/mol. The van der Waals surface area contributed by atoms with E-state index in [2.05, 4.69) is 15.9 Å². The number of rotatable bonds is 2. The molecule has 2 nitrogen and oxygen atoms in total. The van der Waals surface area contributed by atoms with E-state index in [1.54, 1.807) is 6.07 Å². The zero-order valence-corrected chi connectivity index (χ0v) is 10.5. The highest BCUT2D eigenvalue weighted by Gasteiger charge is 2.15. The maximum Gasteiger partial charge on any atom is 0.199 e. The highest BCUT2D eigenvalue weighted by atomic mass is 79.9. The number of hydrogen-bond donors (Lipinski definition) is 0. The van der Waals surface area contributed by atoms with E-state index in [0.717, 1.165) is 20.5 Å². The fourth-order valence-electron chi connectivity index (χ4n) is 1.70. The summed E-state index contributed by atoms with van der Waals surface area (Å²) < 4.78 is 1.97. The van der Waals surface area contributed by atoms with E-state index in [0.29, 0.717) is 0 Å². The predicted molar refractivity (Wildman–Crippen MR) is 67.1 cm³/mol. The van der Waals surface area contributed by atoms with Gasteiger partial charge in [0.05, 0.1) is 5.92 Å². The van der Waals surface area contributed by atoms with Crippen molar-refractivity contribution in [1.82, 2.24) is 0 Å². The monoisotopic (exact) mass is 277 g/mol. The lowest BCUT2D eigenvalue weighted by Gasteiger charge is -2.11. The second-order valence-corrected chi connectivity index (χ2v) is 4.64. The Balaban J connectivity index is 2.35. The van der Waals surface area contributed by atoms with Crippen LogP contribution < -0.4 is 4.73 Å². The van der Waals surface area contributed by atoms with Crippen molar-refractivity contribution in [3.63, 3.8) is 0 Å². The Labute approximate surface area is 103 Å². The van der Waals surface area contributed by atoms with E-state index in [4.69, 9.17) is 0 Å². The van der Waals surface area contributed by atoms with Crippen LogP contribution in [0.2, 0.25) is 0 Å². The first kappa shape index (κ1) is 11.1. The van der Waals surface area contributed by atoms with Crippen LogP contribution in [0.1, 0.15) is 24.1 Å². The van der Waals surface area contributed by atoms with Crippen LogP contribution in [0.15, 0.2) is 53.1 Å². The molecule has 0 aliphatic carbocycles. The minimum Gasteiger partial charge on any atom is -0.618 e. The first-order chi connectivity index (χ1) is 7.68. The van der Waals surface area contributed by atoms with Crippen LogP contribution >= 0.6 is 15.9 Å². The van der Waals surface area contributed by atoms with Gasteiger partial charge in [-0.05, 0) is 30.7 Å². The van der Waals surface area contributed by atoms with Crippen LogP contribution in [-0.4, -0.2) is 0 Å². The molecule has 1 atom stereocenters. The Bertz CT molecular complexity index is 482. The SMILES string of the molecule is CC(c1ccc(Br)cc1)c1cccc[n+]1[O-]. The number of benzene rings is 1. The maximum absolute atomic E-state index is 11.6. The first-order valence-corrected chi connectivity index (χ1v) is 5.91. The van der Waals surface area contributed by atoms with Crippen molar-refractivity contribution < 1.29 is 4.73 Å². The fourth-order valence-corrected chi connectivity index (χ4v) is 1.96. The Hall–Kier alpha value is -1.35. The standard InChI is InChI=1S/C13H12BrNO/c1-10(11-5-7-12(14)8-6-11)13-4-2-3-9-15(13)16/h2-10H,1H3. The van der Waals surface area contributed by atoms with Gasteiger partial charge >= 0.3 is 0 Å². The molecular weight excluding hydrogens is 266 g/mol. The molecule has 2 aromatic rings. The van der Waals surface area contributed by atoms with Crippen LogP contribution in [0.3, 0.4) is 0 Å². The molecule has 0 aliphatic rings. The first-order valence-electron chi connectivity index (χ1n) is 5.12. The van der Waals surface area contributed by atoms with Gasteiger partial charge in [0.2, 0.25) is 0 Å². The van der Waals surface area contributed by atoms with Crippen LogP contribution in [-0.2, 0) is 0 Å². The smallest absolute Gasteiger partial charge is 0.199 e. The molecule has 0 spiro atoms. The molecule has 0 bridgehead atoms. The lowest BCUT2D eigenvalue weighted by atomic mass is 9.97. The molecule has 0 saturated carbocycles. The second kappa shape index (κ2) is 4.66. The zero-order chi connectivity index (χ0) is 11.5. The molecule has 0 radical (unpaired) electrons. The molecule has 2 rings (SSSR count). The summed E-state index contributed by atoms with van der Waals surface area (Å²) in [5, 5.41) is 11.6. The van der Waals surface area contributed by atoms with Gasteiger partial charge in [0.25, 0.3) is 0 Å². The summed E-state index contributed by atoms with van der Waals surface area (Å²) in [5.41, 5.74) is 1.91. The van der Waals surface area contributed by atoms with E-state index in [1.807, 2.05) is 43.3 Å². The number of pyridine rings is 1. The molecule has 1 unspecified atom stereocenters. The minimum atomic E-state index is 0.104. The van der Waals surface area contributed by atoms with Gasteiger partial charge < -0.3 is 5.21 Å². The van der Waals surface area contributed by atoms with E-state index >= 15 is 0 Å².